The lowest BCUT2D eigenvalue weighted by atomic mass is 9.77. The van der Waals surface area contributed by atoms with Crippen LogP contribution in [0.25, 0.3) is 0 Å². The highest BCUT2D eigenvalue weighted by Crippen LogP contribution is 2.33. The third-order valence-corrected chi connectivity index (χ3v) is 3.51. The van der Waals surface area contributed by atoms with Crippen LogP contribution < -0.4 is 5.32 Å². The van der Waals surface area contributed by atoms with Crippen LogP contribution in [0.15, 0.2) is 54.6 Å². The molecule has 0 saturated heterocycles. The molecular weight excluding hydrogens is 222 g/mol. The van der Waals surface area contributed by atoms with Crippen LogP contribution in [0.2, 0.25) is 0 Å². The van der Waals surface area contributed by atoms with Crippen molar-refractivity contribution in [3.05, 3.63) is 71.3 Å². The third kappa shape index (κ3) is 2.02. The lowest BCUT2D eigenvalue weighted by Crippen LogP contribution is -2.33. The lowest BCUT2D eigenvalue weighted by Gasteiger charge is -2.30. The second-order valence-corrected chi connectivity index (χ2v) is 4.68. The van der Waals surface area contributed by atoms with Crippen LogP contribution in [-0.4, -0.2) is 12.5 Å². The Hall–Kier alpha value is -2.09. The largest absolute Gasteiger partial charge is 0.351 e. The number of amides is 1. The summed E-state index contributed by atoms with van der Waals surface area (Å²) in [6, 6.07) is 17.8. The van der Waals surface area contributed by atoms with E-state index in [0.717, 1.165) is 18.5 Å². The van der Waals surface area contributed by atoms with Crippen LogP contribution in [0.3, 0.4) is 0 Å². The van der Waals surface area contributed by atoms with Crippen molar-refractivity contribution in [3.8, 4) is 0 Å². The molecule has 1 unspecified atom stereocenters. The van der Waals surface area contributed by atoms with E-state index >= 15 is 0 Å². The van der Waals surface area contributed by atoms with Gasteiger partial charge < -0.3 is 5.32 Å². The van der Waals surface area contributed by atoms with Crippen LogP contribution in [0, 0.1) is 0 Å². The van der Waals surface area contributed by atoms with Gasteiger partial charge in [-0.15, -0.1) is 0 Å². The number of carbonyl (C=O) groups excluding carboxylic acids is 1. The molecule has 0 aromatic heterocycles. The molecule has 1 amide bonds. The maximum Gasteiger partial charge on any atom is 0.251 e. The van der Waals surface area contributed by atoms with Crippen molar-refractivity contribution in [2.75, 3.05) is 6.54 Å². The van der Waals surface area contributed by atoms with Crippen molar-refractivity contribution < 1.29 is 4.79 Å². The zero-order valence-electron chi connectivity index (χ0n) is 10.1. The summed E-state index contributed by atoms with van der Waals surface area (Å²) in [5, 5.41) is 3.00. The van der Waals surface area contributed by atoms with Gasteiger partial charge in [-0.05, 0) is 29.7 Å². The molecule has 1 aliphatic rings. The fraction of sp³-hybridized carbons (Fsp3) is 0.188. The molecule has 0 heterocycles. The molecule has 1 aliphatic carbocycles. The first-order valence-electron chi connectivity index (χ1n) is 6.25. The molecule has 2 heteroatoms. The van der Waals surface area contributed by atoms with Gasteiger partial charge in [0.1, 0.15) is 0 Å². The van der Waals surface area contributed by atoms with E-state index in [4.69, 9.17) is 0 Å². The maximum atomic E-state index is 11.9. The first-order valence-corrected chi connectivity index (χ1v) is 6.25. The Bertz CT molecular complexity index is 562. The first-order chi connectivity index (χ1) is 8.84. The van der Waals surface area contributed by atoms with Crippen LogP contribution in [0.5, 0.6) is 0 Å². The van der Waals surface area contributed by atoms with Crippen LogP contribution in [0.4, 0.5) is 0 Å². The molecule has 0 saturated carbocycles. The van der Waals surface area contributed by atoms with Gasteiger partial charge in [0.05, 0.1) is 0 Å². The van der Waals surface area contributed by atoms with E-state index in [0.29, 0.717) is 5.92 Å². The summed E-state index contributed by atoms with van der Waals surface area (Å²) in [5.41, 5.74) is 3.52. The summed E-state index contributed by atoms with van der Waals surface area (Å²) in [4.78, 5) is 11.9. The second-order valence-electron chi connectivity index (χ2n) is 4.68. The summed E-state index contributed by atoms with van der Waals surface area (Å²) in [6.07, 6.45) is 1.07. The fourth-order valence-electron chi connectivity index (χ4n) is 2.45. The summed E-state index contributed by atoms with van der Waals surface area (Å²) < 4.78 is 0. The Morgan fingerprint density at radius 3 is 2.56 bits per heavy atom. The minimum absolute atomic E-state index is 0.0139. The molecule has 0 fully saturated rings. The molecule has 90 valence electrons. The molecule has 2 nitrogen and oxygen atoms in total. The molecule has 1 N–H and O–H groups in total. The zero-order valence-corrected chi connectivity index (χ0v) is 10.1. The minimum Gasteiger partial charge on any atom is -0.351 e. The zero-order chi connectivity index (χ0) is 12.4. The van der Waals surface area contributed by atoms with E-state index in [2.05, 4.69) is 29.6 Å². The van der Waals surface area contributed by atoms with Crippen LogP contribution in [0.1, 0.15) is 27.4 Å². The second kappa shape index (κ2) is 4.65. The van der Waals surface area contributed by atoms with Gasteiger partial charge >= 0.3 is 0 Å². The van der Waals surface area contributed by atoms with Gasteiger partial charge in [-0.3, -0.25) is 4.79 Å². The molecule has 1 atom stereocenters. The monoisotopic (exact) mass is 237 g/mol. The van der Waals surface area contributed by atoms with Gasteiger partial charge in [0, 0.05) is 18.0 Å². The van der Waals surface area contributed by atoms with Crippen molar-refractivity contribution in [1.29, 1.82) is 0 Å². The first kappa shape index (κ1) is 11.0. The summed E-state index contributed by atoms with van der Waals surface area (Å²) in [5.74, 6) is 0.494. The van der Waals surface area contributed by atoms with Gasteiger partial charge in [-0.1, -0.05) is 42.5 Å². The van der Waals surface area contributed by atoms with Gasteiger partial charge in [-0.2, -0.15) is 0 Å². The molecule has 2 aromatic carbocycles. The highest BCUT2D eigenvalue weighted by molar-refractivity contribution is 5.94. The van der Waals surface area contributed by atoms with E-state index in [9.17, 15) is 4.79 Å². The van der Waals surface area contributed by atoms with Crippen molar-refractivity contribution >= 4 is 5.91 Å². The number of fused-ring (bicyclic) bond motifs is 1. The summed E-state index contributed by atoms with van der Waals surface area (Å²) in [6.45, 7) is 0.727. The smallest absolute Gasteiger partial charge is 0.251 e. The molecule has 0 aliphatic heterocycles. The van der Waals surface area contributed by atoms with E-state index in [1.165, 1.54) is 11.1 Å². The van der Waals surface area contributed by atoms with Crippen LogP contribution >= 0.6 is 0 Å². The molecular formula is C16H15NO. The van der Waals surface area contributed by atoms with E-state index in [1.54, 1.807) is 0 Å². The molecule has 0 bridgehead atoms. The Balaban J connectivity index is 1.59. The van der Waals surface area contributed by atoms with Gasteiger partial charge in [0.2, 0.25) is 0 Å². The summed E-state index contributed by atoms with van der Waals surface area (Å²) >= 11 is 0. The molecule has 18 heavy (non-hydrogen) atoms. The highest BCUT2D eigenvalue weighted by Gasteiger charge is 2.25. The lowest BCUT2D eigenvalue weighted by molar-refractivity contribution is 0.0950. The minimum atomic E-state index is 0.0139. The van der Waals surface area contributed by atoms with E-state index < -0.39 is 0 Å². The van der Waals surface area contributed by atoms with Crippen molar-refractivity contribution in [2.45, 2.75) is 12.3 Å². The average molecular weight is 237 g/mol. The topological polar surface area (TPSA) is 29.1 Å². The molecule has 3 rings (SSSR count). The Kier molecular flexibility index (Phi) is 2.85. The third-order valence-electron chi connectivity index (χ3n) is 3.51. The summed E-state index contributed by atoms with van der Waals surface area (Å²) in [7, 11) is 0. The highest BCUT2D eigenvalue weighted by atomic mass is 16.1. The van der Waals surface area contributed by atoms with Crippen molar-refractivity contribution in [1.82, 2.24) is 5.32 Å². The molecule has 0 radical (unpaired) electrons. The van der Waals surface area contributed by atoms with Gasteiger partial charge in [0.25, 0.3) is 5.91 Å². The Labute approximate surface area is 107 Å². The number of hydrogen-bond acceptors (Lipinski definition) is 1. The standard InChI is InChI=1S/C16H15NO/c18-16(12-6-2-1-3-7-12)17-11-14-10-13-8-4-5-9-15(13)14/h1-9,14H,10-11H2,(H,17,18). The Morgan fingerprint density at radius 2 is 1.78 bits per heavy atom. The van der Waals surface area contributed by atoms with Crippen molar-refractivity contribution in [3.63, 3.8) is 0 Å². The normalized spacial score (nSPS) is 16.6. The number of benzene rings is 2. The number of rotatable bonds is 3. The fourth-order valence-corrected chi connectivity index (χ4v) is 2.45. The van der Waals surface area contributed by atoms with Gasteiger partial charge in [0.15, 0.2) is 0 Å². The molecule has 0 spiro atoms. The van der Waals surface area contributed by atoms with Crippen LogP contribution in [-0.2, 0) is 6.42 Å². The Morgan fingerprint density at radius 1 is 1.06 bits per heavy atom. The predicted molar refractivity (Wildman–Crippen MR) is 71.7 cm³/mol. The SMILES string of the molecule is O=C(NCC1Cc2ccccc21)c1ccccc1. The van der Waals surface area contributed by atoms with Gasteiger partial charge in [-0.25, -0.2) is 0 Å². The van der Waals surface area contributed by atoms with Crippen molar-refractivity contribution in [2.24, 2.45) is 0 Å². The number of hydrogen-bond donors (Lipinski definition) is 1. The van der Waals surface area contributed by atoms with E-state index in [1.807, 2.05) is 30.3 Å². The number of carbonyl (C=O) groups is 1. The predicted octanol–water partition coefficient (Wildman–Crippen LogP) is 2.76. The maximum absolute atomic E-state index is 11.9. The number of nitrogens with one attached hydrogen (secondary N) is 1. The van der Waals surface area contributed by atoms with E-state index in [-0.39, 0.29) is 5.91 Å². The quantitative estimate of drug-likeness (QED) is 0.873. The molecule has 2 aromatic rings. The average Bonchev–Trinajstić information content (AvgIpc) is 2.40.